The monoisotopic (exact) mass is 251 g/mol. The second kappa shape index (κ2) is 4.32. The summed E-state index contributed by atoms with van der Waals surface area (Å²) >= 11 is 0. The van der Waals surface area contributed by atoms with Crippen molar-refractivity contribution in [3.63, 3.8) is 0 Å². The number of methoxy groups -OCH3 is 2. The minimum Gasteiger partial charge on any atom is -0.496 e. The normalized spacial score (nSPS) is 10.3. The Kier molecular flexibility index (Phi) is 2.84. The molecule has 1 aromatic heterocycles. The van der Waals surface area contributed by atoms with Gasteiger partial charge in [-0.3, -0.25) is 15.5 Å². The first kappa shape index (κ1) is 11.8. The van der Waals surface area contributed by atoms with Crippen molar-refractivity contribution in [2.45, 2.75) is 0 Å². The molecule has 0 aliphatic rings. The molecule has 2 rings (SSSR count). The van der Waals surface area contributed by atoms with Gasteiger partial charge in [0.1, 0.15) is 5.75 Å². The molecule has 0 saturated heterocycles. The number of nitro groups is 1. The summed E-state index contributed by atoms with van der Waals surface area (Å²) in [6.45, 7) is 0. The molecule has 0 unspecified atom stereocenters. The first-order chi connectivity index (χ1) is 8.58. The van der Waals surface area contributed by atoms with Crippen LogP contribution < -0.4 is 4.74 Å². The second-order valence-corrected chi connectivity index (χ2v) is 3.34. The lowest BCUT2D eigenvalue weighted by molar-refractivity contribution is -0.384. The van der Waals surface area contributed by atoms with Crippen LogP contribution in [0.3, 0.4) is 0 Å². The number of nitrogens with zero attached hydrogens (tertiary/aromatic N) is 2. The smallest absolute Gasteiger partial charge is 0.277 e. The van der Waals surface area contributed by atoms with E-state index in [1.807, 2.05) is 0 Å². The predicted octanol–water partition coefficient (Wildman–Crippen LogP) is 1.72. The number of aromatic nitrogens is 1. The average Bonchev–Trinajstić information content (AvgIpc) is 2.80. The van der Waals surface area contributed by atoms with E-state index in [4.69, 9.17) is 19.4 Å². The van der Waals surface area contributed by atoms with Crippen LogP contribution >= 0.6 is 0 Å². The standard InChI is InChI=1S/C10H9N3O5/c1-16-6-3-5(13(14)15)4-7-8(6)9(12-18-7)10(11)17-2/h3-4,11H,1-2H3. The van der Waals surface area contributed by atoms with Gasteiger partial charge in [0, 0.05) is 0 Å². The highest BCUT2D eigenvalue weighted by molar-refractivity contribution is 6.05. The molecule has 0 aliphatic heterocycles. The van der Waals surface area contributed by atoms with Gasteiger partial charge in [0.25, 0.3) is 5.69 Å². The number of ether oxygens (including phenoxy) is 2. The number of hydrogen-bond acceptors (Lipinski definition) is 7. The molecule has 1 aromatic carbocycles. The number of fused-ring (bicyclic) bond motifs is 1. The third-order valence-corrected chi connectivity index (χ3v) is 2.37. The molecule has 0 saturated carbocycles. The lowest BCUT2D eigenvalue weighted by Gasteiger charge is -2.02. The zero-order valence-corrected chi connectivity index (χ0v) is 9.59. The molecule has 0 spiro atoms. The minimum absolute atomic E-state index is 0.138. The van der Waals surface area contributed by atoms with E-state index in [2.05, 4.69) is 5.16 Å². The minimum atomic E-state index is -0.564. The lowest BCUT2D eigenvalue weighted by Crippen LogP contribution is -2.02. The molecule has 0 aliphatic carbocycles. The van der Waals surface area contributed by atoms with Crippen molar-refractivity contribution in [3.8, 4) is 5.75 Å². The number of nitro benzene ring substituents is 1. The highest BCUT2D eigenvalue weighted by atomic mass is 16.6. The Labute approximate surface area is 101 Å². The van der Waals surface area contributed by atoms with Crippen LogP contribution in [0, 0.1) is 15.5 Å². The van der Waals surface area contributed by atoms with E-state index in [1.165, 1.54) is 26.4 Å². The molecule has 18 heavy (non-hydrogen) atoms. The molecular weight excluding hydrogens is 242 g/mol. The Morgan fingerprint density at radius 2 is 2.22 bits per heavy atom. The molecule has 0 radical (unpaired) electrons. The van der Waals surface area contributed by atoms with E-state index in [0.29, 0.717) is 5.39 Å². The van der Waals surface area contributed by atoms with Gasteiger partial charge in [-0.05, 0) is 0 Å². The van der Waals surface area contributed by atoms with Gasteiger partial charge in [-0.25, -0.2) is 0 Å². The maximum Gasteiger partial charge on any atom is 0.277 e. The second-order valence-electron chi connectivity index (χ2n) is 3.34. The topological polar surface area (TPSA) is 111 Å². The maximum atomic E-state index is 10.7. The zero-order valence-electron chi connectivity index (χ0n) is 9.59. The van der Waals surface area contributed by atoms with Gasteiger partial charge >= 0.3 is 0 Å². The molecule has 0 atom stereocenters. The zero-order chi connectivity index (χ0) is 13.3. The number of non-ortho nitro benzene ring substituents is 1. The van der Waals surface area contributed by atoms with Crippen LogP contribution in [0.4, 0.5) is 5.69 Å². The fourth-order valence-electron chi connectivity index (χ4n) is 1.54. The number of nitrogens with one attached hydrogen (secondary N) is 1. The summed E-state index contributed by atoms with van der Waals surface area (Å²) in [5.41, 5.74) is 0.128. The fraction of sp³-hybridized carbons (Fsp3) is 0.200. The molecule has 8 nitrogen and oxygen atoms in total. The molecule has 1 heterocycles. The number of benzene rings is 1. The maximum absolute atomic E-state index is 10.7. The SMILES string of the molecule is COC(=N)c1noc2cc([N+](=O)[O-])cc(OC)c12. The van der Waals surface area contributed by atoms with Gasteiger partial charge in [0.15, 0.2) is 11.3 Å². The highest BCUT2D eigenvalue weighted by Gasteiger charge is 2.22. The molecule has 2 aromatic rings. The molecule has 8 heteroatoms. The van der Waals surface area contributed by atoms with Crippen molar-refractivity contribution >= 4 is 22.6 Å². The van der Waals surface area contributed by atoms with E-state index >= 15 is 0 Å². The van der Waals surface area contributed by atoms with Crippen molar-refractivity contribution in [3.05, 3.63) is 27.9 Å². The van der Waals surface area contributed by atoms with Gasteiger partial charge in [-0.1, -0.05) is 5.16 Å². The van der Waals surface area contributed by atoms with Gasteiger partial charge < -0.3 is 14.0 Å². The molecule has 0 amide bonds. The Hall–Kier alpha value is -2.64. The average molecular weight is 251 g/mol. The first-order valence-corrected chi connectivity index (χ1v) is 4.83. The van der Waals surface area contributed by atoms with E-state index in [9.17, 15) is 10.1 Å². The van der Waals surface area contributed by atoms with Gasteiger partial charge in [0.05, 0.1) is 36.7 Å². The van der Waals surface area contributed by atoms with Crippen LogP contribution in [0.15, 0.2) is 16.7 Å². The van der Waals surface area contributed by atoms with Crippen LogP contribution in [-0.2, 0) is 4.74 Å². The lowest BCUT2D eigenvalue weighted by atomic mass is 10.1. The summed E-state index contributed by atoms with van der Waals surface area (Å²) in [7, 11) is 2.69. The van der Waals surface area contributed by atoms with Gasteiger partial charge in [-0.2, -0.15) is 0 Å². The van der Waals surface area contributed by atoms with Crippen molar-refractivity contribution in [2.24, 2.45) is 0 Å². The molecular formula is C10H9N3O5. The summed E-state index contributed by atoms with van der Waals surface area (Å²) < 4.78 is 14.8. The Morgan fingerprint density at radius 1 is 1.50 bits per heavy atom. The van der Waals surface area contributed by atoms with Crippen LogP contribution in [-0.4, -0.2) is 30.2 Å². The molecule has 0 fully saturated rings. The van der Waals surface area contributed by atoms with Crippen molar-refractivity contribution in [1.82, 2.24) is 5.16 Å². The van der Waals surface area contributed by atoms with Gasteiger partial charge in [-0.15, -0.1) is 0 Å². The van der Waals surface area contributed by atoms with Crippen molar-refractivity contribution < 1.29 is 18.9 Å². The summed E-state index contributed by atoms with van der Waals surface area (Å²) in [5.74, 6) is -0.00171. The third kappa shape index (κ3) is 1.73. The van der Waals surface area contributed by atoms with E-state index < -0.39 is 4.92 Å². The molecule has 94 valence electrons. The van der Waals surface area contributed by atoms with Crippen molar-refractivity contribution in [2.75, 3.05) is 14.2 Å². The van der Waals surface area contributed by atoms with Crippen LogP contribution in [0.25, 0.3) is 11.0 Å². The Balaban J connectivity index is 2.74. The van der Waals surface area contributed by atoms with Gasteiger partial charge in [0.2, 0.25) is 5.90 Å². The number of hydrogen-bond donors (Lipinski definition) is 1. The van der Waals surface area contributed by atoms with E-state index in [0.717, 1.165) is 0 Å². The van der Waals surface area contributed by atoms with Crippen LogP contribution in [0.5, 0.6) is 5.75 Å². The molecule has 1 N–H and O–H groups in total. The Bertz CT molecular complexity index is 634. The summed E-state index contributed by atoms with van der Waals surface area (Å²) in [6, 6.07) is 2.46. The highest BCUT2D eigenvalue weighted by Crippen LogP contribution is 2.33. The van der Waals surface area contributed by atoms with Crippen LogP contribution in [0.1, 0.15) is 5.69 Å². The predicted molar refractivity (Wildman–Crippen MR) is 61.1 cm³/mol. The largest absolute Gasteiger partial charge is 0.496 e. The fourth-order valence-corrected chi connectivity index (χ4v) is 1.54. The summed E-state index contributed by atoms with van der Waals surface area (Å²) in [5, 5.41) is 22.3. The summed E-state index contributed by atoms with van der Waals surface area (Å²) in [4.78, 5) is 10.2. The van der Waals surface area contributed by atoms with E-state index in [1.54, 1.807) is 0 Å². The Morgan fingerprint density at radius 3 is 2.78 bits per heavy atom. The van der Waals surface area contributed by atoms with E-state index in [-0.39, 0.29) is 28.6 Å². The third-order valence-electron chi connectivity index (χ3n) is 2.37. The van der Waals surface area contributed by atoms with Crippen LogP contribution in [0.2, 0.25) is 0 Å². The quantitative estimate of drug-likeness (QED) is 0.384. The molecule has 0 bridgehead atoms. The van der Waals surface area contributed by atoms with Crippen molar-refractivity contribution in [1.29, 1.82) is 5.41 Å². The summed E-state index contributed by atoms with van der Waals surface area (Å²) in [6.07, 6.45) is 0. The number of rotatable bonds is 3. The first-order valence-electron chi connectivity index (χ1n) is 4.83.